The van der Waals surface area contributed by atoms with Gasteiger partial charge in [-0.05, 0) is 35.9 Å². The molecule has 2 aromatic carbocycles. The summed E-state index contributed by atoms with van der Waals surface area (Å²) in [6.07, 6.45) is 2.27. The average molecular weight is 466 g/mol. The molecule has 1 aliphatic heterocycles. The number of aromatic nitrogens is 3. The maximum Gasteiger partial charge on any atom is 0.325 e. The van der Waals surface area contributed by atoms with Crippen LogP contribution in [0.4, 0.5) is 4.79 Å². The smallest absolute Gasteiger partial charge is 0.325 e. The summed E-state index contributed by atoms with van der Waals surface area (Å²) in [6, 6.07) is 14.2. The van der Waals surface area contributed by atoms with Crippen molar-refractivity contribution < 1.29 is 14.0 Å². The van der Waals surface area contributed by atoms with Crippen molar-refractivity contribution in [2.75, 3.05) is 0 Å². The van der Waals surface area contributed by atoms with Gasteiger partial charge in [-0.25, -0.2) is 4.79 Å². The lowest BCUT2D eigenvalue weighted by Gasteiger charge is -2.10. The van der Waals surface area contributed by atoms with Crippen LogP contribution in [0.2, 0.25) is 0 Å². The average Bonchev–Trinajstić information content (AvgIpc) is 3.44. The first kappa shape index (κ1) is 18.6. The van der Waals surface area contributed by atoms with E-state index in [-0.39, 0.29) is 18.3 Å². The number of halogens is 1. The lowest BCUT2D eigenvalue weighted by molar-refractivity contribution is -0.128. The number of amides is 3. The minimum absolute atomic E-state index is 0.0709. The zero-order chi connectivity index (χ0) is 20.7. The van der Waals surface area contributed by atoms with Crippen molar-refractivity contribution in [1.29, 1.82) is 0 Å². The Morgan fingerprint density at radius 1 is 1.07 bits per heavy atom. The van der Waals surface area contributed by atoms with Crippen molar-refractivity contribution in [3.8, 4) is 11.5 Å². The fourth-order valence-corrected chi connectivity index (χ4v) is 3.81. The summed E-state index contributed by atoms with van der Waals surface area (Å²) >= 11 is 3.38. The SMILES string of the molecule is O=C1NC(Cc2c[nH]c3ccccc23)C(=O)N1Cc1nnc(-c2ccc(Br)cc2)o1. The van der Waals surface area contributed by atoms with Gasteiger partial charge in [0.1, 0.15) is 12.6 Å². The zero-order valence-electron chi connectivity index (χ0n) is 15.6. The Balaban J connectivity index is 1.31. The van der Waals surface area contributed by atoms with Crippen molar-refractivity contribution in [3.05, 3.63) is 70.7 Å². The summed E-state index contributed by atoms with van der Waals surface area (Å²) < 4.78 is 6.59. The van der Waals surface area contributed by atoms with Gasteiger partial charge in [0, 0.05) is 33.6 Å². The van der Waals surface area contributed by atoms with Crippen LogP contribution in [0.1, 0.15) is 11.5 Å². The fourth-order valence-electron chi connectivity index (χ4n) is 3.55. The maximum absolute atomic E-state index is 12.8. The van der Waals surface area contributed by atoms with Crippen molar-refractivity contribution in [2.24, 2.45) is 0 Å². The number of hydrogen-bond acceptors (Lipinski definition) is 5. The molecule has 8 nitrogen and oxygen atoms in total. The molecule has 3 heterocycles. The van der Waals surface area contributed by atoms with Crippen LogP contribution < -0.4 is 5.32 Å². The molecule has 9 heteroatoms. The van der Waals surface area contributed by atoms with E-state index in [2.05, 4.69) is 36.4 Å². The molecule has 1 saturated heterocycles. The Morgan fingerprint density at radius 3 is 2.70 bits per heavy atom. The van der Waals surface area contributed by atoms with E-state index in [1.807, 2.05) is 54.7 Å². The van der Waals surface area contributed by atoms with Crippen LogP contribution in [-0.4, -0.2) is 38.1 Å². The third kappa shape index (κ3) is 3.37. The number of nitrogens with one attached hydrogen (secondary N) is 2. The number of nitrogens with zero attached hydrogens (tertiary/aromatic N) is 3. The Morgan fingerprint density at radius 2 is 1.87 bits per heavy atom. The van der Waals surface area contributed by atoms with Crippen molar-refractivity contribution in [2.45, 2.75) is 19.0 Å². The van der Waals surface area contributed by atoms with Gasteiger partial charge < -0.3 is 14.7 Å². The molecule has 3 amide bonds. The summed E-state index contributed by atoms with van der Waals surface area (Å²) in [4.78, 5) is 29.5. The Labute approximate surface area is 179 Å². The van der Waals surface area contributed by atoms with E-state index in [9.17, 15) is 9.59 Å². The number of benzene rings is 2. The van der Waals surface area contributed by atoms with Crippen LogP contribution in [0.3, 0.4) is 0 Å². The van der Waals surface area contributed by atoms with Gasteiger partial charge in [-0.1, -0.05) is 34.1 Å². The summed E-state index contributed by atoms with van der Waals surface area (Å²) in [6.45, 7) is -0.0709. The summed E-state index contributed by atoms with van der Waals surface area (Å²) in [5.41, 5.74) is 2.72. The monoisotopic (exact) mass is 465 g/mol. The van der Waals surface area contributed by atoms with Crippen molar-refractivity contribution >= 4 is 38.8 Å². The normalized spacial score (nSPS) is 16.4. The Hall–Kier alpha value is -3.46. The number of fused-ring (bicyclic) bond motifs is 1. The Kier molecular flexibility index (Phi) is 4.59. The largest absolute Gasteiger partial charge is 0.419 e. The molecule has 5 rings (SSSR count). The number of hydrogen-bond donors (Lipinski definition) is 2. The highest BCUT2D eigenvalue weighted by Crippen LogP contribution is 2.23. The topological polar surface area (TPSA) is 104 Å². The molecular weight excluding hydrogens is 450 g/mol. The number of H-pyrrole nitrogens is 1. The lowest BCUT2D eigenvalue weighted by Crippen LogP contribution is -2.32. The highest BCUT2D eigenvalue weighted by molar-refractivity contribution is 9.10. The number of rotatable bonds is 5. The van der Waals surface area contributed by atoms with Gasteiger partial charge in [0.2, 0.25) is 11.8 Å². The first-order chi connectivity index (χ1) is 14.6. The highest BCUT2D eigenvalue weighted by Gasteiger charge is 2.39. The molecule has 4 aromatic rings. The standard InChI is InChI=1S/C21H16BrN5O3/c22-14-7-5-12(6-8-14)19-26-25-18(30-19)11-27-20(28)17(24-21(27)29)9-13-10-23-16-4-2-1-3-15(13)16/h1-8,10,17,23H,9,11H2,(H,24,29). The maximum atomic E-state index is 12.8. The summed E-state index contributed by atoms with van der Waals surface area (Å²) in [5.74, 6) is 0.220. The van der Waals surface area contributed by atoms with Crippen LogP contribution in [-0.2, 0) is 17.8 Å². The highest BCUT2D eigenvalue weighted by atomic mass is 79.9. The van der Waals surface area contributed by atoms with E-state index in [4.69, 9.17) is 4.42 Å². The van der Waals surface area contributed by atoms with Crippen molar-refractivity contribution in [1.82, 2.24) is 25.4 Å². The fraction of sp³-hybridized carbons (Fsp3) is 0.143. The zero-order valence-corrected chi connectivity index (χ0v) is 17.2. The van der Waals surface area contributed by atoms with Crippen LogP contribution in [0.5, 0.6) is 0 Å². The van der Waals surface area contributed by atoms with E-state index in [1.165, 1.54) is 0 Å². The predicted octanol–water partition coefficient (Wildman–Crippen LogP) is 3.64. The van der Waals surface area contributed by atoms with Gasteiger partial charge in [0.25, 0.3) is 5.91 Å². The van der Waals surface area contributed by atoms with Gasteiger partial charge >= 0.3 is 6.03 Å². The molecule has 1 aliphatic rings. The molecule has 150 valence electrons. The predicted molar refractivity (Wildman–Crippen MR) is 112 cm³/mol. The van der Waals surface area contributed by atoms with Gasteiger partial charge in [-0.2, -0.15) is 0 Å². The van der Waals surface area contributed by atoms with Crippen LogP contribution >= 0.6 is 15.9 Å². The second-order valence-corrected chi connectivity index (χ2v) is 7.91. The number of aromatic amines is 1. The van der Waals surface area contributed by atoms with E-state index in [1.54, 1.807) is 0 Å². The molecule has 0 aliphatic carbocycles. The van der Waals surface area contributed by atoms with Gasteiger partial charge in [0.05, 0.1) is 0 Å². The molecule has 0 saturated carbocycles. The number of carbonyl (C=O) groups excluding carboxylic acids is 2. The molecule has 0 radical (unpaired) electrons. The van der Waals surface area contributed by atoms with Crippen molar-refractivity contribution in [3.63, 3.8) is 0 Å². The molecule has 1 unspecified atom stereocenters. The summed E-state index contributed by atoms with van der Waals surface area (Å²) in [5, 5.41) is 11.8. The Bertz CT molecular complexity index is 1250. The van der Waals surface area contributed by atoms with E-state index < -0.39 is 12.1 Å². The van der Waals surface area contributed by atoms with Crippen LogP contribution in [0, 0.1) is 0 Å². The van der Waals surface area contributed by atoms with Gasteiger partial charge in [-0.3, -0.25) is 9.69 Å². The molecule has 2 N–H and O–H groups in total. The molecule has 0 bridgehead atoms. The van der Waals surface area contributed by atoms with Gasteiger partial charge in [-0.15, -0.1) is 10.2 Å². The number of para-hydroxylation sites is 1. The van der Waals surface area contributed by atoms with E-state index in [0.29, 0.717) is 12.3 Å². The second kappa shape index (κ2) is 7.42. The second-order valence-electron chi connectivity index (χ2n) is 7.00. The molecule has 0 spiro atoms. The summed E-state index contributed by atoms with van der Waals surface area (Å²) in [7, 11) is 0. The third-order valence-corrected chi connectivity index (χ3v) is 5.59. The molecular formula is C21H16BrN5O3. The quantitative estimate of drug-likeness (QED) is 0.437. The minimum atomic E-state index is -0.634. The molecule has 1 atom stereocenters. The van der Waals surface area contributed by atoms with E-state index in [0.717, 1.165) is 31.4 Å². The first-order valence-corrected chi connectivity index (χ1v) is 10.1. The molecule has 1 fully saturated rings. The van der Waals surface area contributed by atoms with Gasteiger partial charge in [0.15, 0.2) is 0 Å². The first-order valence-electron chi connectivity index (χ1n) is 9.33. The molecule has 30 heavy (non-hydrogen) atoms. The van der Waals surface area contributed by atoms with Crippen LogP contribution in [0.25, 0.3) is 22.4 Å². The number of imide groups is 1. The minimum Gasteiger partial charge on any atom is -0.419 e. The lowest BCUT2D eigenvalue weighted by atomic mass is 10.1. The number of carbonyl (C=O) groups is 2. The third-order valence-electron chi connectivity index (χ3n) is 5.06. The number of urea groups is 1. The molecule has 2 aromatic heterocycles. The van der Waals surface area contributed by atoms with Crippen LogP contribution in [0.15, 0.2) is 63.6 Å². The van der Waals surface area contributed by atoms with E-state index >= 15 is 0 Å².